The number of rotatable bonds is 2. The number of aryl methyl sites for hydroxylation is 1. The van der Waals surface area contributed by atoms with E-state index in [9.17, 15) is 5.26 Å². The summed E-state index contributed by atoms with van der Waals surface area (Å²) in [5, 5.41) is 17.1. The van der Waals surface area contributed by atoms with Crippen molar-refractivity contribution < 1.29 is 4.74 Å². The van der Waals surface area contributed by atoms with Crippen LogP contribution in [0.15, 0.2) is 6.20 Å². The van der Waals surface area contributed by atoms with Crippen molar-refractivity contribution in [1.82, 2.24) is 15.0 Å². The Balaban J connectivity index is 2.11. The molecule has 1 saturated heterocycles. The lowest BCUT2D eigenvalue weighted by atomic mass is 9.78. The van der Waals surface area contributed by atoms with E-state index in [4.69, 9.17) is 4.74 Å². The van der Waals surface area contributed by atoms with Crippen LogP contribution in [0.2, 0.25) is 0 Å². The first-order valence-corrected chi connectivity index (χ1v) is 5.08. The van der Waals surface area contributed by atoms with Crippen molar-refractivity contribution in [2.45, 2.75) is 19.3 Å². The molecule has 0 atom stereocenters. The molecule has 0 aromatic carbocycles. The molecule has 0 spiro atoms. The van der Waals surface area contributed by atoms with E-state index in [2.05, 4.69) is 16.4 Å². The Hall–Kier alpha value is -1.41. The predicted molar refractivity (Wildman–Crippen MR) is 52.8 cm³/mol. The molecule has 1 aromatic rings. The Kier molecular flexibility index (Phi) is 2.69. The highest BCUT2D eigenvalue weighted by atomic mass is 16.5. The first kappa shape index (κ1) is 10.1. The molecule has 5 nitrogen and oxygen atoms in total. The lowest BCUT2D eigenvalue weighted by Gasteiger charge is -2.29. The van der Waals surface area contributed by atoms with E-state index in [1.165, 1.54) is 0 Å². The normalized spacial score (nSPS) is 19.7. The molecule has 0 N–H and O–H groups in total. The van der Waals surface area contributed by atoms with Gasteiger partial charge in [0.15, 0.2) is 0 Å². The van der Waals surface area contributed by atoms with Gasteiger partial charge in [0, 0.05) is 32.9 Å². The van der Waals surface area contributed by atoms with Crippen LogP contribution < -0.4 is 0 Å². The molecular formula is C10H14N4O. The summed E-state index contributed by atoms with van der Waals surface area (Å²) in [6.45, 7) is 1.35. The lowest BCUT2D eigenvalue weighted by Crippen LogP contribution is -2.30. The first-order valence-electron chi connectivity index (χ1n) is 5.08. The van der Waals surface area contributed by atoms with Gasteiger partial charge in [0.25, 0.3) is 0 Å². The van der Waals surface area contributed by atoms with Crippen molar-refractivity contribution in [2.24, 2.45) is 12.5 Å². The van der Waals surface area contributed by atoms with Crippen LogP contribution >= 0.6 is 0 Å². The average molecular weight is 206 g/mol. The zero-order valence-corrected chi connectivity index (χ0v) is 8.81. The molecule has 1 fully saturated rings. The minimum absolute atomic E-state index is 0.297. The average Bonchev–Trinajstić information content (AvgIpc) is 2.65. The second-order valence-corrected chi connectivity index (χ2v) is 4.06. The fourth-order valence-electron chi connectivity index (χ4n) is 1.91. The number of nitriles is 1. The van der Waals surface area contributed by atoms with E-state index in [1.807, 2.05) is 13.2 Å². The Morgan fingerprint density at radius 3 is 2.87 bits per heavy atom. The smallest absolute Gasteiger partial charge is 0.0842 e. The number of nitrogens with zero attached hydrogens (tertiary/aromatic N) is 4. The van der Waals surface area contributed by atoms with Crippen molar-refractivity contribution in [3.8, 4) is 6.07 Å². The van der Waals surface area contributed by atoms with Crippen LogP contribution in [0.1, 0.15) is 18.5 Å². The Labute approximate surface area is 88.6 Å². The molecule has 0 radical (unpaired) electrons. The summed E-state index contributed by atoms with van der Waals surface area (Å²) in [5.41, 5.74) is 0.592. The molecule has 0 unspecified atom stereocenters. The molecule has 80 valence electrons. The highest BCUT2D eigenvalue weighted by molar-refractivity contribution is 5.08. The summed E-state index contributed by atoms with van der Waals surface area (Å²) in [7, 11) is 1.83. The maximum atomic E-state index is 9.25. The summed E-state index contributed by atoms with van der Waals surface area (Å²) < 4.78 is 6.94. The van der Waals surface area contributed by atoms with Gasteiger partial charge in [-0.25, -0.2) is 0 Å². The maximum absolute atomic E-state index is 9.25. The van der Waals surface area contributed by atoms with E-state index < -0.39 is 0 Å². The molecule has 1 aliphatic rings. The van der Waals surface area contributed by atoms with Gasteiger partial charge in [-0.1, -0.05) is 5.21 Å². The van der Waals surface area contributed by atoms with Crippen LogP contribution in [0.4, 0.5) is 0 Å². The summed E-state index contributed by atoms with van der Waals surface area (Å²) in [5.74, 6) is 0. The Morgan fingerprint density at radius 2 is 2.33 bits per heavy atom. The Bertz CT molecular complexity index is 373. The second kappa shape index (κ2) is 3.99. The van der Waals surface area contributed by atoms with E-state index in [-0.39, 0.29) is 5.41 Å². The molecule has 0 bridgehead atoms. The van der Waals surface area contributed by atoms with Gasteiger partial charge < -0.3 is 4.74 Å². The molecule has 1 aliphatic heterocycles. The molecule has 0 amide bonds. The van der Waals surface area contributed by atoms with Crippen molar-refractivity contribution in [3.05, 3.63) is 11.9 Å². The zero-order valence-electron chi connectivity index (χ0n) is 8.81. The predicted octanol–water partition coefficient (Wildman–Crippen LogP) is 0.678. The fraction of sp³-hybridized carbons (Fsp3) is 0.700. The third-order valence-electron chi connectivity index (χ3n) is 2.86. The molecule has 2 rings (SSSR count). The summed E-state index contributed by atoms with van der Waals surface area (Å²) >= 11 is 0. The maximum Gasteiger partial charge on any atom is 0.0842 e. The molecule has 0 saturated carbocycles. The lowest BCUT2D eigenvalue weighted by molar-refractivity contribution is 0.0402. The molecule has 5 heteroatoms. The van der Waals surface area contributed by atoms with Crippen LogP contribution in [-0.4, -0.2) is 28.2 Å². The molecule has 15 heavy (non-hydrogen) atoms. The summed E-state index contributed by atoms with van der Waals surface area (Å²) in [4.78, 5) is 0. The topological polar surface area (TPSA) is 63.7 Å². The standard InChI is InChI=1S/C10H14N4O/c1-14-7-9(12-13-14)6-10(8-11)2-4-15-5-3-10/h7H,2-6H2,1H3. The van der Waals surface area contributed by atoms with Crippen molar-refractivity contribution in [3.63, 3.8) is 0 Å². The van der Waals surface area contributed by atoms with E-state index in [0.717, 1.165) is 18.5 Å². The quantitative estimate of drug-likeness (QED) is 0.713. The highest BCUT2D eigenvalue weighted by Crippen LogP contribution is 2.32. The van der Waals surface area contributed by atoms with Gasteiger partial charge in [-0.15, -0.1) is 5.10 Å². The van der Waals surface area contributed by atoms with Gasteiger partial charge >= 0.3 is 0 Å². The first-order chi connectivity index (χ1) is 7.24. The Morgan fingerprint density at radius 1 is 1.60 bits per heavy atom. The minimum atomic E-state index is -0.297. The summed E-state index contributed by atoms with van der Waals surface area (Å²) in [6, 6.07) is 2.42. The summed E-state index contributed by atoms with van der Waals surface area (Å²) in [6.07, 6.45) is 4.13. The van der Waals surface area contributed by atoms with Crippen molar-refractivity contribution >= 4 is 0 Å². The minimum Gasteiger partial charge on any atom is -0.381 e. The molecule has 2 heterocycles. The van der Waals surface area contributed by atoms with Gasteiger partial charge in [0.2, 0.25) is 0 Å². The third-order valence-corrected chi connectivity index (χ3v) is 2.86. The van der Waals surface area contributed by atoms with Crippen LogP contribution in [0.3, 0.4) is 0 Å². The number of ether oxygens (including phenoxy) is 1. The van der Waals surface area contributed by atoms with Crippen molar-refractivity contribution in [2.75, 3.05) is 13.2 Å². The van der Waals surface area contributed by atoms with Crippen LogP contribution in [-0.2, 0) is 18.2 Å². The van der Waals surface area contributed by atoms with Gasteiger partial charge in [0.05, 0.1) is 17.2 Å². The van der Waals surface area contributed by atoms with E-state index in [0.29, 0.717) is 19.6 Å². The van der Waals surface area contributed by atoms with Gasteiger partial charge in [-0.2, -0.15) is 5.26 Å². The largest absolute Gasteiger partial charge is 0.381 e. The van der Waals surface area contributed by atoms with Gasteiger partial charge in [-0.05, 0) is 12.8 Å². The van der Waals surface area contributed by atoms with Crippen LogP contribution in [0.25, 0.3) is 0 Å². The van der Waals surface area contributed by atoms with Crippen LogP contribution in [0.5, 0.6) is 0 Å². The molecular weight excluding hydrogens is 192 g/mol. The molecule has 1 aromatic heterocycles. The van der Waals surface area contributed by atoms with Gasteiger partial charge in [0.1, 0.15) is 0 Å². The SMILES string of the molecule is Cn1cc(CC2(C#N)CCOCC2)nn1. The highest BCUT2D eigenvalue weighted by Gasteiger charge is 2.33. The van der Waals surface area contributed by atoms with E-state index in [1.54, 1.807) is 4.68 Å². The van der Waals surface area contributed by atoms with Crippen LogP contribution in [0, 0.1) is 16.7 Å². The second-order valence-electron chi connectivity index (χ2n) is 4.06. The number of hydrogen-bond donors (Lipinski definition) is 0. The van der Waals surface area contributed by atoms with Crippen molar-refractivity contribution in [1.29, 1.82) is 5.26 Å². The zero-order chi connectivity index (χ0) is 10.7. The van der Waals surface area contributed by atoms with Gasteiger partial charge in [-0.3, -0.25) is 4.68 Å². The fourth-order valence-corrected chi connectivity index (χ4v) is 1.91. The number of aromatic nitrogens is 3. The monoisotopic (exact) mass is 206 g/mol. The van der Waals surface area contributed by atoms with E-state index >= 15 is 0 Å². The third kappa shape index (κ3) is 2.16. The number of hydrogen-bond acceptors (Lipinski definition) is 4. The molecule has 0 aliphatic carbocycles.